The summed E-state index contributed by atoms with van der Waals surface area (Å²) in [7, 11) is 1.91. The zero-order valence-electron chi connectivity index (χ0n) is 10.7. The molecule has 0 fully saturated rings. The van der Waals surface area contributed by atoms with Crippen LogP contribution in [-0.2, 0) is 4.79 Å². The van der Waals surface area contributed by atoms with Crippen molar-refractivity contribution in [3.8, 4) is 0 Å². The monoisotopic (exact) mass is 214 g/mol. The molecular weight excluding hydrogens is 188 g/mol. The van der Waals surface area contributed by atoms with Crippen LogP contribution in [0.15, 0.2) is 0 Å². The molecule has 0 aliphatic heterocycles. The molecule has 1 amide bonds. The molecule has 3 nitrogen and oxygen atoms in total. The molecule has 0 aliphatic carbocycles. The Balaban J connectivity index is 3.60. The molecule has 0 radical (unpaired) electrons. The van der Waals surface area contributed by atoms with Crippen LogP contribution in [0.5, 0.6) is 0 Å². The Kier molecular flexibility index (Phi) is 7.39. The molecule has 15 heavy (non-hydrogen) atoms. The molecule has 0 bridgehead atoms. The van der Waals surface area contributed by atoms with Crippen LogP contribution in [-0.4, -0.2) is 26.0 Å². The van der Waals surface area contributed by atoms with Crippen molar-refractivity contribution in [2.24, 2.45) is 5.41 Å². The topological polar surface area (TPSA) is 41.1 Å². The maximum atomic E-state index is 11.4. The van der Waals surface area contributed by atoms with Crippen LogP contribution >= 0.6 is 0 Å². The van der Waals surface area contributed by atoms with Gasteiger partial charge in [-0.2, -0.15) is 0 Å². The molecule has 0 aromatic heterocycles. The Hall–Kier alpha value is -0.570. The second-order valence-electron chi connectivity index (χ2n) is 4.90. The average Bonchev–Trinajstić information content (AvgIpc) is 2.15. The number of carbonyl (C=O) groups excluding carboxylic acids is 1. The zero-order valence-corrected chi connectivity index (χ0v) is 10.7. The molecule has 0 saturated carbocycles. The summed E-state index contributed by atoms with van der Waals surface area (Å²) in [4.78, 5) is 11.4. The Morgan fingerprint density at radius 2 is 2.00 bits per heavy atom. The van der Waals surface area contributed by atoms with E-state index < -0.39 is 0 Å². The number of hydrogen-bond donors (Lipinski definition) is 2. The van der Waals surface area contributed by atoms with Gasteiger partial charge in [-0.3, -0.25) is 4.79 Å². The van der Waals surface area contributed by atoms with Crippen LogP contribution in [0, 0.1) is 5.41 Å². The van der Waals surface area contributed by atoms with Crippen molar-refractivity contribution in [2.75, 3.05) is 20.1 Å². The van der Waals surface area contributed by atoms with Crippen molar-refractivity contribution in [3.05, 3.63) is 0 Å². The maximum Gasteiger partial charge on any atom is 0.220 e. The first-order valence-electron chi connectivity index (χ1n) is 5.93. The van der Waals surface area contributed by atoms with Gasteiger partial charge < -0.3 is 10.6 Å². The second-order valence-corrected chi connectivity index (χ2v) is 4.90. The highest BCUT2D eigenvalue weighted by Gasteiger charge is 2.17. The number of hydrogen-bond acceptors (Lipinski definition) is 2. The fourth-order valence-electron chi connectivity index (χ4n) is 1.62. The van der Waals surface area contributed by atoms with Crippen molar-refractivity contribution in [1.29, 1.82) is 0 Å². The van der Waals surface area contributed by atoms with E-state index in [1.165, 1.54) is 6.42 Å². The van der Waals surface area contributed by atoms with Crippen molar-refractivity contribution >= 4 is 5.91 Å². The van der Waals surface area contributed by atoms with Crippen molar-refractivity contribution < 1.29 is 4.79 Å². The largest absolute Gasteiger partial charge is 0.356 e. The SMILES string of the molecule is CCCC(C)(C)CNC(=O)CCCNC. The third kappa shape index (κ3) is 8.43. The van der Waals surface area contributed by atoms with Crippen molar-refractivity contribution in [3.63, 3.8) is 0 Å². The van der Waals surface area contributed by atoms with Crippen LogP contribution in [0.1, 0.15) is 46.5 Å². The van der Waals surface area contributed by atoms with Crippen molar-refractivity contribution in [1.82, 2.24) is 10.6 Å². The summed E-state index contributed by atoms with van der Waals surface area (Å²) >= 11 is 0. The van der Waals surface area contributed by atoms with Gasteiger partial charge in [-0.1, -0.05) is 27.2 Å². The Bertz CT molecular complexity index is 178. The van der Waals surface area contributed by atoms with Gasteiger partial charge in [-0.15, -0.1) is 0 Å². The van der Waals surface area contributed by atoms with Gasteiger partial charge in [0, 0.05) is 13.0 Å². The smallest absolute Gasteiger partial charge is 0.220 e. The summed E-state index contributed by atoms with van der Waals surface area (Å²) in [5, 5.41) is 6.04. The number of nitrogens with one attached hydrogen (secondary N) is 2. The van der Waals surface area contributed by atoms with E-state index in [2.05, 4.69) is 31.4 Å². The van der Waals surface area contributed by atoms with Crippen LogP contribution in [0.3, 0.4) is 0 Å². The number of rotatable bonds is 8. The van der Waals surface area contributed by atoms with E-state index in [0.29, 0.717) is 6.42 Å². The molecule has 0 aliphatic rings. The highest BCUT2D eigenvalue weighted by atomic mass is 16.1. The first-order valence-corrected chi connectivity index (χ1v) is 5.93. The van der Waals surface area contributed by atoms with Crippen LogP contribution in [0.4, 0.5) is 0 Å². The molecule has 0 aromatic rings. The maximum absolute atomic E-state index is 11.4. The molecule has 2 N–H and O–H groups in total. The summed E-state index contributed by atoms with van der Waals surface area (Å²) in [6.07, 6.45) is 3.87. The van der Waals surface area contributed by atoms with Gasteiger partial charge in [0.25, 0.3) is 0 Å². The molecule has 0 atom stereocenters. The third-order valence-electron chi connectivity index (χ3n) is 2.52. The van der Waals surface area contributed by atoms with Gasteiger partial charge in [0.2, 0.25) is 5.91 Å². The van der Waals surface area contributed by atoms with E-state index in [9.17, 15) is 4.79 Å². The molecule has 0 saturated heterocycles. The number of amides is 1. The fraction of sp³-hybridized carbons (Fsp3) is 0.917. The minimum atomic E-state index is 0.175. The van der Waals surface area contributed by atoms with E-state index in [4.69, 9.17) is 0 Å². The minimum absolute atomic E-state index is 0.175. The Labute approximate surface area is 94.0 Å². The van der Waals surface area contributed by atoms with Crippen LogP contribution in [0.2, 0.25) is 0 Å². The third-order valence-corrected chi connectivity index (χ3v) is 2.52. The average molecular weight is 214 g/mol. The van der Waals surface area contributed by atoms with Gasteiger partial charge in [0.05, 0.1) is 0 Å². The van der Waals surface area contributed by atoms with Gasteiger partial charge >= 0.3 is 0 Å². The first-order chi connectivity index (χ1) is 7.02. The Morgan fingerprint density at radius 1 is 1.33 bits per heavy atom. The molecule has 0 unspecified atom stereocenters. The fourth-order valence-corrected chi connectivity index (χ4v) is 1.62. The van der Waals surface area contributed by atoms with E-state index >= 15 is 0 Å². The molecule has 0 heterocycles. The highest BCUT2D eigenvalue weighted by molar-refractivity contribution is 5.75. The first kappa shape index (κ1) is 14.4. The van der Waals surface area contributed by atoms with Crippen molar-refractivity contribution in [2.45, 2.75) is 46.5 Å². The van der Waals surface area contributed by atoms with Gasteiger partial charge in [-0.05, 0) is 31.8 Å². The summed E-state index contributed by atoms with van der Waals surface area (Å²) in [6, 6.07) is 0. The number of carbonyl (C=O) groups is 1. The van der Waals surface area contributed by atoms with Gasteiger partial charge in [-0.25, -0.2) is 0 Å². The summed E-state index contributed by atoms with van der Waals surface area (Å²) in [6.45, 7) is 8.27. The molecule has 3 heteroatoms. The van der Waals surface area contributed by atoms with E-state index in [-0.39, 0.29) is 11.3 Å². The highest BCUT2D eigenvalue weighted by Crippen LogP contribution is 2.20. The quantitative estimate of drug-likeness (QED) is 0.606. The minimum Gasteiger partial charge on any atom is -0.356 e. The predicted octanol–water partition coefficient (Wildman–Crippen LogP) is 1.93. The molecule has 0 rings (SSSR count). The zero-order chi connectivity index (χ0) is 11.7. The van der Waals surface area contributed by atoms with E-state index in [1.807, 2.05) is 7.05 Å². The van der Waals surface area contributed by atoms with Gasteiger partial charge in [0.1, 0.15) is 0 Å². The van der Waals surface area contributed by atoms with E-state index in [1.54, 1.807) is 0 Å². The lowest BCUT2D eigenvalue weighted by Crippen LogP contribution is -2.34. The van der Waals surface area contributed by atoms with Crippen LogP contribution in [0.25, 0.3) is 0 Å². The summed E-state index contributed by atoms with van der Waals surface area (Å²) < 4.78 is 0. The lowest BCUT2D eigenvalue weighted by Gasteiger charge is -2.24. The standard InChI is InChI=1S/C12H26N2O/c1-5-8-12(2,3)10-14-11(15)7-6-9-13-4/h13H,5-10H2,1-4H3,(H,14,15). The summed E-state index contributed by atoms with van der Waals surface area (Å²) in [5.74, 6) is 0.175. The molecule has 90 valence electrons. The Morgan fingerprint density at radius 3 is 2.53 bits per heavy atom. The molecular formula is C12H26N2O. The van der Waals surface area contributed by atoms with E-state index in [0.717, 1.165) is 25.9 Å². The summed E-state index contributed by atoms with van der Waals surface area (Å²) in [5.41, 5.74) is 0.230. The van der Waals surface area contributed by atoms with Crippen LogP contribution < -0.4 is 10.6 Å². The normalized spacial score (nSPS) is 11.5. The molecule has 0 spiro atoms. The second kappa shape index (κ2) is 7.69. The lowest BCUT2D eigenvalue weighted by molar-refractivity contribution is -0.121. The predicted molar refractivity (Wildman–Crippen MR) is 64.9 cm³/mol. The molecule has 0 aromatic carbocycles. The van der Waals surface area contributed by atoms with Gasteiger partial charge in [0.15, 0.2) is 0 Å². The lowest BCUT2D eigenvalue weighted by atomic mass is 9.88.